The fourth-order valence-electron chi connectivity index (χ4n) is 3.28. The van der Waals surface area contributed by atoms with Gasteiger partial charge in [-0.1, -0.05) is 12.1 Å². The second-order valence-electron chi connectivity index (χ2n) is 6.23. The molecular weight excluding hydrogens is 320 g/mol. The predicted molar refractivity (Wildman–Crippen MR) is 90.9 cm³/mol. The van der Waals surface area contributed by atoms with Crippen molar-refractivity contribution in [2.24, 2.45) is 5.92 Å². The van der Waals surface area contributed by atoms with Crippen LogP contribution in [0.25, 0.3) is 10.9 Å². The molecule has 1 aromatic heterocycles. The summed E-state index contributed by atoms with van der Waals surface area (Å²) in [4.78, 5) is 29.3. The number of fused-ring (bicyclic) bond motifs is 1. The third kappa shape index (κ3) is 3.13. The minimum Gasteiger partial charge on any atom is -0.487 e. The minimum absolute atomic E-state index is 0.0356. The van der Waals surface area contributed by atoms with E-state index in [4.69, 9.17) is 9.47 Å². The van der Waals surface area contributed by atoms with Crippen LogP contribution in [0.1, 0.15) is 6.42 Å². The van der Waals surface area contributed by atoms with Crippen molar-refractivity contribution in [3.8, 4) is 5.75 Å². The summed E-state index contributed by atoms with van der Waals surface area (Å²) in [5, 5.41) is 0.935. The molecule has 0 N–H and O–H groups in total. The summed E-state index contributed by atoms with van der Waals surface area (Å²) >= 11 is 0. The number of carbonyl (C=O) groups excluding carboxylic acids is 2. The fourth-order valence-corrected chi connectivity index (χ4v) is 3.28. The van der Waals surface area contributed by atoms with Crippen molar-refractivity contribution in [3.63, 3.8) is 0 Å². The van der Waals surface area contributed by atoms with Crippen LogP contribution in [0.5, 0.6) is 5.75 Å². The molecule has 2 amide bonds. The Morgan fingerprint density at radius 2 is 1.96 bits per heavy atom. The molecule has 6 heteroatoms. The van der Waals surface area contributed by atoms with Crippen LogP contribution in [0.15, 0.2) is 48.7 Å². The van der Waals surface area contributed by atoms with Gasteiger partial charge in [-0.3, -0.25) is 19.5 Å². The molecule has 25 heavy (non-hydrogen) atoms. The average Bonchev–Trinajstić information content (AvgIpc) is 2.95. The van der Waals surface area contributed by atoms with Gasteiger partial charge in [0, 0.05) is 42.8 Å². The molecule has 2 aromatic rings. The van der Waals surface area contributed by atoms with Gasteiger partial charge in [-0.25, -0.2) is 0 Å². The Morgan fingerprint density at radius 1 is 1.16 bits per heavy atom. The highest BCUT2D eigenvalue weighted by Gasteiger charge is 2.33. The van der Waals surface area contributed by atoms with Crippen LogP contribution in [0.4, 0.5) is 0 Å². The van der Waals surface area contributed by atoms with Crippen LogP contribution in [0.3, 0.4) is 0 Å². The number of imide groups is 1. The number of benzene rings is 1. The number of carbonyl (C=O) groups is 2. The standard InChI is InChI=1S/C19H18N2O4/c22-18-5-6-19(23)21(18)11-13-8-10-24-12-17(13)25-16-7-9-20-15-4-2-1-3-14(15)16/h1-7,9,13,17H,8,10-12H2. The number of ether oxygens (including phenoxy) is 2. The van der Waals surface area contributed by atoms with Crippen LogP contribution >= 0.6 is 0 Å². The van der Waals surface area contributed by atoms with E-state index in [-0.39, 0.29) is 23.8 Å². The summed E-state index contributed by atoms with van der Waals surface area (Å²) in [5.41, 5.74) is 0.863. The lowest BCUT2D eigenvalue weighted by Crippen LogP contribution is -2.45. The van der Waals surface area contributed by atoms with E-state index in [9.17, 15) is 9.59 Å². The van der Waals surface area contributed by atoms with Crippen molar-refractivity contribution < 1.29 is 19.1 Å². The zero-order valence-corrected chi connectivity index (χ0v) is 13.6. The molecule has 1 fully saturated rings. The van der Waals surface area contributed by atoms with Gasteiger partial charge in [0.15, 0.2) is 0 Å². The largest absolute Gasteiger partial charge is 0.487 e. The normalized spacial score (nSPS) is 23.4. The van der Waals surface area contributed by atoms with E-state index in [1.54, 1.807) is 6.20 Å². The lowest BCUT2D eigenvalue weighted by atomic mass is 9.96. The number of hydrogen-bond acceptors (Lipinski definition) is 5. The Kier molecular flexibility index (Phi) is 4.19. The van der Waals surface area contributed by atoms with Crippen molar-refractivity contribution in [1.82, 2.24) is 9.88 Å². The number of para-hydroxylation sites is 1. The average molecular weight is 338 g/mol. The third-order valence-corrected chi connectivity index (χ3v) is 4.65. The van der Waals surface area contributed by atoms with Crippen LogP contribution < -0.4 is 4.74 Å². The molecule has 2 atom stereocenters. The molecule has 1 saturated heterocycles. The molecular formula is C19H18N2O4. The molecule has 4 rings (SSSR count). The molecule has 0 radical (unpaired) electrons. The van der Waals surface area contributed by atoms with Crippen molar-refractivity contribution in [2.45, 2.75) is 12.5 Å². The van der Waals surface area contributed by atoms with Gasteiger partial charge in [0.1, 0.15) is 11.9 Å². The van der Waals surface area contributed by atoms with E-state index >= 15 is 0 Å². The third-order valence-electron chi connectivity index (χ3n) is 4.65. The van der Waals surface area contributed by atoms with Crippen molar-refractivity contribution >= 4 is 22.7 Å². The zero-order chi connectivity index (χ0) is 17.2. The van der Waals surface area contributed by atoms with E-state index in [2.05, 4.69) is 4.98 Å². The highest BCUT2D eigenvalue weighted by Crippen LogP contribution is 2.28. The van der Waals surface area contributed by atoms with Crippen LogP contribution in [0, 0.1) is 5.92 Å². The molecule has 0 aliphatic carbocycles. The maximum absolute atomic E-state index is 11.8. The second-order valence-corrected chi connectivity index (χ2v) is 6.23. The van der Waals surface area contributed by atoms with Gasteiger partial charge in [-0.2, -0.15) is 0 Å². The summed E-state index contributed by atoms with van der Waals surface area (Å²) < 4.78 is 11.8. The van der Waals surface area contributed by atoms with Gasteiger partial charge in [-0.15, -0.1) is 0 Å². The molecule has 2 unspecified atom stereocenters. The first-order valence-corrected chi connectivity index (χ1v) is 8.34. The fraction of sp³-hybridized carbons (Fsp3) is 0.316. The van der Waals surface area contributed by atoms with Gasteiger partial charge in [0.05, 0.1) is 12.1 Å². The van der Waals surface area contributed by atoms with E-state index in [0.29, 0.717) is 19.8 Å². The second kappa shape index (κ2) is 6.64. The first-order chi connectivity index (χ1) is 12.2. The summed E-state index contributed by atoms with van der Waals surface area (Å²) in [7, 11) is 0. The summed E-state index contributed by atoms with van der Waals surface area (Å²) in [6.45, 7) is 1.39. The van der Waals surface area contributed by atoms with Gasteiger partial charge in [-0.05, 0) is 24.6 Å². The van der Waals surface area contributed by atoms with E-state index in [0.717, 1.165) is 23.1 Å². The van der Waals surface area contributed by atoms with Crippen LogP contribution in [0.2, 0.25) is 0 Å². The monoisotopic (exact) mass is 338 g/mol. The van der Waals surface area contributed by atoms with Crippen LogP contribution in [-0.2, 0) is 14.3 Å². The lowest BCUT2D eigenvalue weighted by molar-refractivity contribution is -0.139. The minimum atomic E-state index is -0.260. The van der Waals surface area contributed by atoms with Crippen molar-refractivity contribution in [3.05, 3.63) is 48.7 Å². The Morgan fingerprint density at radius 3 is 2.80 bits per heavy atom. The number of pyridine rings is 1. The molecule has 0 bridgehead atoms. The molecule has 2 aliphatic heterocycles. The number of aromatic nitrogens is 1. The van der Waals surface area contributed by atoms with Gasteiger partial charge in [0.25, 0.3) is 11.8 Å². The molecule has 0 spiro atoms. The highest BCUT2D eigenvalue weighted by atomic mass is 16.5. The first-order valence-electron chi connectivity index (χ1n) is 8.34. The maximum atomic E-state index is 11.8. The molecule has 1 aromatic carbocycles. The summed E-state index contributed by atoms with van der Waals surface area (Å²) in [6.07, 6.45) is 4.86. The number of rotatable bonds is 4. The molecule has 3 heterocycles. The SMILES string of the molecule is O=C1C=CC(=O)N1CC1CCOCC1Oc1ccnc2ccccc12. The Labute approximate surface area is 145 Å². The Balaban J connectivity index is 1.55. The lowest BCUT2D eigenvalue weighted by Gasteiger charge is -2.34. The predicted octanol–water partition coefficient (Wildman–Crippen LogP) is 1.94. The summed E-state index contributed by atoms with van der Waals surface area (Å²) in [5.74, 6) is 0.256. The zero-order valence-electron chi connectivity index (χ0n) is 13.6. The Hall–Kier alpha value is -2.73. The van der Waals surface area contributed by atoms with Gasteiger partial charge in [0.2, 0.25) is 0 Å². The van der Waals surface area contributed by atoms with Gasteiger partial charge >= 0.3 is 0 Å². The van der Waals surface area contributed by atoms with E-state index in [1.165, 1.54) is 17.1 Å². The Bertz CT molecular complexity index is 825. The first kappa shape index (κ1) is 15.8. The van der Waals surface area contributed by atoms with Crippen molar-refractivity contribution in [2.75, 3.05) is 19.8 Å². The number of hydrogen-bond donors (Lipinski definition) is 0. The topological polar surface area (TPSA) is 68.7 Å². The van der Waals surface area contributed by atoms with E-state index in [1.807, 2.05) is 30.3 Å². The molecule has 128 valence electrons. The number of nitrogens with zero attached hydrogens (tertiary/aromatic N) is 2. The quantitative estimate of drug-likeness (QED) is 0.797. The van der Waals surface area contributed by atoms with Crippen molar-refractivity contribution in [1.29, 1.82) is 0 Å². The highest BCUT2D eigenvalue weighted by molar-refractivity contribution is 6.12. The molecule has 2 aliphatic rings. The molecule has 0 saturated carbocycles. The maximum Gasteiger partial charge on any atom is 0.253 e. The van der Waals surface area contributed by atoms with Crippen LogP contribution in [-0.4, -0.2) is 47.6 Å². The smallest absolute Gasteiger partial charge is 0.253 e. The number of amides is 2. The van der Waals surface area contributed by atoms with Gasteiger partial charge < -0.3 is 9.47 Å². The van der Waals surface area contributed by atoms with E-state index < -0.39 is 0 Å². The molecule has 6 nitrogen and oxygen atoms in total. The summed E-state index contributed by atoms with van der Waals surface area (Å²) in [6, 6.07) is 9.61.